The Labute approximate surface area is 154 Å². The number of benzene rings is 1. The first-order valence-corrected chi connectivity index (χ1v) is 9.30. The van der Waals surface area contributed by atoms with Crippen LogP contribution in [-0.2, 0) is 7.05 Å². The standard InChI is InChI=1S/C17H18ClN5OS/c1-11-3-4-12(18)15-14(11)20-17(25-15)23-7-5-22(6-8-23)16(24)13-9-19-10-21(13)2/h3-4,9-10H,5-8H2,1-2H3. The third-order valence-electron chi connectivity index (χ3n) is 4.56. The van der Waals surface area contributed by atoms with Gasteiger partial charge >= 0.3 is 0 Å². The Balaban J connectivity index is 1.51. The van der Waals surface area contributed by atoms with Crippen molar-refractivity contribution in [1.82, 2.24) is 19.4 Å². The van der Waals surface area contributed by atoms with Gasteiger partial charge in [0.05, 0.1) is 27.8 Å². The molecule has 0 saturated carbocycles. The molecule has 1 amide bonds. The van der Waals surface area contributed by atoms with E-state index in [1.165, 1.54) is 0 Å². The highest BCUT2D eigenvalue weighted by Gasteiger charge is 2.25. The second-order valence-corrected chi connectivity index (χ2v) is 7.59. The number of thiazole rings is 1. The van der Waals surface area contributed by atoms with Gasteiger partial charge in [-0.25, -0.2) is 9.97 Å². The number of carbonyl (C=O) groups excluding carboxylic acids is 1. The third kappa shape index (κ3) is 2.87. The van der Waals surface area contributed by atoms with E-state index in [0.29, 0.717) is 18.8 Å². The van der Waals surface area contributed by atoms with Gasteiger partial charge in [-0.1, -0.05) is 29.0 Å². The minimum absolute atomic E-state index is 0.0304. The highest BCUT2D eigenvalue weighted by Crippen LogP contribution is 2.35. The van der Waals surface area contributed by atoms with E-state index in [9.17, 15) is 4.79 Å². The van der Waals surface area contributed by atoms with Crippen LogP contribution in [0.2, 0.25) is 5.02 Å². The molecule has 0 spiro atoms. The van der Waals surface area contributed by atoms with Gasteiger partial charge in [-0.2, -0.15) is 0 Å². The van der Waals surface area contributed by atoms with E-state index >= 15 is 0 Å². The number of aryl methyl sites for hydroxylation is 2. The average Bonchev–Trinajstić information content (AvgIpc) is 3.25. The minimum atomic E-state index is 0.0304. The van der Waals surface area contributed by atoms with Crippen LogP contribution >= 0.6 is 22.9 Å². The number of rotatable bonds is 2. The van der Waals surface area contributed by atoms with Crippen LogP contribution in [0.4, 0.5) is 5.13 Å². The maximum absolute atomic E-state index is 12.6. The molecule has 1 aromatic carbocycles. The zero-order valence-corrected chi connectivity index (χ0v) is 15.6. The number of aromatic nitrogens is 3. The van der Waals surface area contributed by atoms with Crippen molar-refractivity contribution >= 4 is 44.2 Å². The molecule has 3 heterocycles. The number of amides is 1. The summed E-state index contributed by atoms with van der Waals surface area (Å²) in [6.07, 6.45) is 3.27. The molecule has 2 aromatic heterocycles. The molecule has 0 atom stereocenters. The molecule has 6 nitrogen and oxygen atoms in total. The number of piperazine rings is 1. The van der Waals surface area contributed by atoms with Gasteiger partial charge in [-0.3, -0.25) is 4.79 Å². The average molecular weight is 376 g/mol. The van der Waals surface area contributed by atoms with Gasteiger partial charge in [0.2, 0.25) is 0 Å². The summed E-state index contributed by atoms with van der Waals surface area (Å²) in [5.74, 6) is 0.0304. The van der Waals surface area contributed by atoms with Gasteiger partial charge in [0, 0.05) is 33.2 Å². The van der Waals surface area contributed by atoms with E-state index in [1.54, 1.807) is 28.4 Å². The fourth-order valence-electron chi connectivity index (χ4n) is 3.05. The Morgan fingerprint density at radius 1 is 1.24 bits per heavy atom. The summed E-state index contributed by atoms with van der Waals surface area (Å²) in [4.78, 5) is 25.5. The Morgan fingerprint density at radius 3 is 2.64 bits per heavy atom. The number of carbonyl (C=O) groups is 1. The second-order valence-electron chi connectivity index (χ2n) is 6.21. The predicted octanol–water partition coefficient (Wildman–Crippen LogP) is 2.95. The van der Waals surface area contributed by atoms with E-state index in [2.05, 4.69) is 9.88 Å². The van der Waals surface area contributed by atoms with Crippen molar-refractivity contribution in [2.75, 3.05) is 31.1 Å². The zero-order valence-electron chi connectivity index (χ0n) is 14.1. The molecular weight excluding hydrogens is 358 g/mol. The van der Waals surface area contributed by atoms with Crippen LogP contribution in [0.5, 0.6) is 0 Å². The Kier molecular flexibility index (Phi) is 4.13. The molecule has 25 heavy (non-hydrogen) atoms. The quantitative estimate of drug-likeness (QED) is 0.691. The highest BCUT2D eigenvalue weighted by atomic mass is 35.5. The van der Waals surface area contributed by atoms with Crippen LogP contribution in [0.3, 0.4) is 0 Å². The van der Waals surface area contributed by atoms with Crippen molar-refractivity contribution in [3.63, 3.8) is 0 Å². The summed E-state index contributed by atoms with van der Waals surface area (Å²) in [5.41, 5.74) is 2.73. The normalized spacial score (nSPS) is 15.2. The lowest BCUT2D eigenvalue weighted by molar-refractivity contribution is 0.0737. The van der Waals surface area contributed by atoms with E-state index in [1.807, 2.05) is 31.0 Å². The Morgan fingerprint density at radius 2 is 2.00 bits per heavy atom. The summed E-state index contributed by atoms with van der Waals surface area (Å²) < 4.78 is 2.79. The van der Waals surface area contributed by atoms with E-state index < -0.39 is 0 Å². The molecule has 130 valence electrons. The smallest absolute Gasteiger partial charge is 0.272 e. The lowest BCUT2D eigenvalue weighted by Crippen LogP contribution is -2.49. The van der Waals surface area contributed by atoms with Crippen LogP contribution in [0.15, 0.2) is 24.7 Å². The topological polar surface area (TPSA) is 54.3 Å². The zero-order chi connectivity index (χ0) is 17.6. The van der Waals surface area contributed by atoms with E-state index in [-0.39, 0.29) is 5.91 Å². The summed E-state index contributed by atoms with van der Waals surface area (Å²) in [6, 6.07) is 3.92. The molecular formula is C17H18ClN5OS. The molecule has 0 bridgehead atoms. The summed E-state index contributed by atoms with van der Waals surface area (Å²) in [5, 5.41) is 1.72. The highest BCUT2D eigenvalue weighted by molar-refractivity contribution is 7.22. The monoisotopic (exact) mass is 375 g/mol. The molecule has 1 fully saturated rings. The number of anilines is 1. The van der Waals surface area contributed by atoms with Gasteiger partial charge in [0.1, 0.15) is 5.69 Å². The fraction of sp³-hybridized carbons (Fsp3) is 0.353. The summed E-state index contributed by atoms with van der Waals surface area (Å²) in [6.45, 7) is 4.92. The first-order valence-electron chi connectivity index (χ1n) is 8.11. The van der Waals surface area contributed by atoms with Crippen molar-refractivity contribution in [2.45, 2.75) is 6.92 Å². The number of imidazole rings is 1. The number of nitrogens with zero attached hydrogens (tertiary/aromatic N) is 5. The lowest BCUT2D eigenvalue weighted by atomic mass is 10.2. The van der Waals surface area contributed by atoms with Gasteiger partial charge < -0.3 is 14.4 Å². The van der Waals surface area contributed by atoms with Crippen LogP contribution < -0.4 is 4.90 Å². The third-order valence-corrected chi connectivity index (χ3v) is 6.14. The molecule has 3 aromatic rings. The first kappa shape index (κ1) is 16.4. The van der Waals surface area contributed by atoms with E-state index in [0.717, 1.165) is 39.0 Å². The maximum Gasteiger partial charge on any atom is 0.272 e. The van der Waals surface area contributed by atoms with Gasteiger partial charge in [-0.15, -0.1) is 0 Å². The molecule has 0 radical (unpaired) electrons. The Hall–Kier alpha value is -2.12. The minimum Gasteiger partial charge on any atom is -0.345 e. The molecule has 4 rings (SSSR count). The summed E-state index contributed by atoms with van der Waals surface area (Å²) in [7, 11) is 1.84. The van der Waals surface area contributed by atoms with Crippen molar-refractivity contribution in [3.8, 4) is 0 Å². The van der Waals surface area contributed by atoms with E-state index in [4.69, 9.17) is 16.6 Å². The van der Waals surface area contributed by atoms with Crippen molar-refractivity contribution in [3.05, 3.63) is 40.9 Å². The molecule has 1 aliphatic rings. The molecule has 0 unspecified atom stereocenters. The Bertz CT molecular complexity index is 903. The van der Waals surface area contributed by atoms with Crippen LogP contribution in [0.1, 0.15) is 16.1 Å². The number of hydrogen-bond donors (Lipinski definition) is 0. The van der Waals surface area contributed by atoms with Crippen molar-refractivity contribution in [1.29, 1.82) is 0 Å². The predicted molar refractivity (Wildman–Crippen MR) is 101 cm³/mol. The number of halogens is 1. The second kappa shape index (κ2) is 6.31. The molecule has 0 aliphatic carbocycles. The van der Waals surface area contributed by atoms with Crippen molar-refractivity contribution in [2.24, 2.45) is 7.05 Å². The fourth-order valence-corrected chi connectivity index (χ4v) is 4.42. The number of fused-ring (bicyclic) bond motifs is 1. The first-order chi connectivity index (χ1) is 12.0. The summed E-state index contributed by atoms with van der Waals surface area (Å²) >= 11 is 7.93. The maximum atomic E-state index is 12.6. The number of hydrogen-bond acceptors (Lipinski definition) is 5. The lowest BCUT2D eigenvalue weighted by Gasteiger charge is -2.34. The van der Waals surface area contributed by atoms with Gasteiger partial charge in [0.25, 0.3) is 5.91 Å². The van der Waals surface area contributed by atoms with Crippen LogP contribution in [0.25, 0.3) is 10.2 Å². The van der Waals surface area contributed by atoms with Crippen LogP contribution in [0, 0.1) is 6.92 Å². The SMILES string of the molecule is Cc1ccc(Cl)c2sc(N3CCN(C(=O)c4cncn4C)CC3)nc12. The molecule has 1 aliphatic heterocycles. The largest absolute Gasteiger partial charge is 0.345 e. The van der Waals surface area contributed by atoms with Crippen LogP contribution in [-0.4, -0.2) is 51.5 Å². The molecule has 8 heteroatoms. The molecule has 1 saturated heterocycles. The van der Waals surface area contributed by atoms with Gasteiger partial charge in [0.15, 0.2) is 5.13 Å². The molecule has 0 N–H and O–H groups in total. The van der Waals surface area contributed by atoms with Crippen molar-refractivity contribution < 1.29 is 4.79 Å². The van der Waals surface area contributed by atoms with Gasteiger partial charge in [-0.05, 0) is 18.6 Å².